The van der Waals surface area contributed by atoms with E-state index in [1.54, 1.807) is 14.2 Å². The highest BCUT2D eigenvalue weighted by molar-refractivity contribution is 6.00. The lowest BCUT2D eigenvalue weighted by atomic mass is 10.1. The predicted octanol–water partition coefficient (Wildman–Crippen LogP) is 2.15. The number of carbonyl (C=O) groups is 1. The molecule has 0 fully saturated rings. The van der Waals surface area contributed by atoms with Crippen LogP contribution in [0.3, 0.4) is 0 Å². The summed E-state index contributed by atoms with van der Waals surface area (Å²) in [7, 11) is 5.21. The van der Waals surface area contributed by atoms with Crippen LogP contribution in [0.1, 0.15) is 22.3 Å². The molecule has 0 aliphatic rings. The van der Waals surface area contributed by atoms with E-state index in [0.717, 1.165) is 18.5 Å². The predicted molar refractivity (Wildman–Crippen MR) is 76.1 cm³/mol. The Morgan fingerprint density at radius 2 is 2.05 bits per heavy atom. The van der Waals surface area contributed by atoms with Crippen molar-refractivity contribution in [2.45, 2.75) is 13.3 Å². The van der Waals surface area contributed by atoms with Gasteiger partial charge in [-0.1, -0.05) is 6.07 Å². The summed E-state index contributed by atoms with van der Waals surface area (Å²) in [5.41, 5.74) is 1.73. The summed E-state index contributed by atoms with van der Waals surface area (Å²) in [5, 5.41) is 0. The van der Waals surface area contributed by atoms with Crippen LogP contribution in [-0.2, 0) is 4.74 Å². The Kier molecular flexibility index (Phi) is 6.53. The fraction of sp³-hybridized carbons (Fsp3) is 0.533. The quantitative estimate of drug-likeness (QED) is 0.533. The Hall–Kier alpha value is -1.39. The molecule has 0 radical (unpaired) electrons. The number of ether oxygens (including phenoxy) is 2. The number of nitrogens with zero attached hydrogens (tertiary/aromatic N) is 1. The van der Waals surface area contributed by atoms with Gasteiger partial charge in [-0.3, -0.25) is 9.69 Å². The minimum Gasteiger partial charge on any atom is -0.496 e. The summed E-state index contributed by atoms with van der Waals surface area (Å²) in [5.74, 6) is 0.729. The summed E-state index contributed by atoms with van der Waals surface area (Å²) >= 11 is 0. The van der Waals surface area contributed by atoms with Crippen molar-refractivity contribution in [1.29, 1.82) is 0 Å². The van der Waals surface area contributed by atoms with Crippen LogP contribution in [-0.4, -0.2) is 51.6 Å². The van der Waals surface area contributed by atoms with Crippen molar-refractivity contribution < 1.29 is 14.3 Å². The zero-order valence-corrected chi connectivity index (χ0v) is 12.2. The van der Waals surface area contributed by atoms with E-state index in [4.69, 9.17) is 9.47 Å². The summed E-state index contributed by atoms with van der Waals surface area (Å²) in [6.45, 7) is 3.93. The number of carbonyl (C=O) groups excluding carboxylic acids is 1. The number of likely N-dealkylation sites (N-methyl/N-ethyl adjacent to an activating group) is 1. The van der Waals surface area contributed by atoms with Gasteiger partial charge in [0, 0.05) is 20.3 Å². The Balaban J connectivity index is 2.62. The normalized spacial score (nSPS) is 10.8. The first-order valence-electron chi connectivity index (χ1n) is 6.43. The number of methoxy groups -OCH3 is 2. The Labute approximate surface area is 115 Å². The second-order valence-electron chi connectivity index (χ2n) is 4.71. The van der Waals surface area contributed by atoms with Crippen LogP contribution in [0, 0.1) is 6.92 Å². The first-order chi connectivity index (χ1) is 9.08. The summed E-state index contributed by atoms with van der Waals surface area (Å²) in [4.78, 5) is 14.2. The Morgan fingerprint density at radius 1 is 1.32 bits per heavy atom. The maximum atomic E-state index is 12.2. The zero-order valence-electron chi connectivity index (χ0n) is 12.2. The molecule has 0 amide bonds. The third kappa shape index (κ3) is 5.01. The lowest BCUT2D eigenvalue weighted by Crippen LogP contribution is -2.27. The molecule has 0 aliphatic heterocycles. The van der Waals surface area contributed by atoms with Crippen LogP contribution in [0.15, 0.2) is 18.2 Å². The van der Waals surface area contributed by atoms with Crippen LogP contribution in [0.2, 0.25) is 0 Å². The van der Waals surface area contributed by atoms with E-state index in [0.29, 0.717) is 24.5 Å². The number of aryl methyl sites for hydroxylation is 1. The average molecular weight is 265 g/mol. The molecule has 0 aliphatic carbocycles. The highest BCUT2D eigenvalue weighted by Crippen LogP contribution is 2.20. The highest BCUT2D eigenvalue weighted by atomic mass is 16.5. The number of benzene rings is 1. The fourth-order valence-electron chi connectivity index (χ4n) is 1.92. The first-order valence-corrected chi connectivity index (χ1v) is 6.43. The second-order valence-corrected chi connectivity index (χ2v) is 4.71. The largest absolute Gasteiger partial charge is 0.496 e. The van der Waals surface area contributed by atoms with Gasteiger partial charge in [-0.25, -0.2) is 0 Å². The van der Waals surface area contributed by atoms with Crippen molar-refractivity contribution >= 4 is 5.78 Å². The molecule has 1 rings (SSSR count). The first kappa shape index (κ1) is 15.7. The summed E-state index contributed by atoms with van der Waals surface area (Å²) < 4.78 is 10.3. The molecule has 0 heterocycles. The molecule has 1 aromatic rings. The summed E-state index contributed by atoms with van der Waals surface area (Å²) in [6, 6.07) is 5.65. The minimum atomic E-state index is 0.0803. The van der Waals surface area contributed by atoms with E-state index in [1.807, 2.05) is 37.1 Å². The Morgan fingerprint density at radius 3 is 2.68 bits per heavy atom. The van der Waals surface area contributed by atoms with Crippen molar-refractivity contribution in [2.24, 2.45) is 0 Å². The molecule has 0 N–H and O–H groups in total. The van der Waals surface area contributed by atoms with Crippen molar-refractivity contribution in [3.63, 3.8) is 0 Å². The van der Waals surface area contributed by atoms with Gasteiger partial charge < -0.3 is 9.47 Å². The molecule has 0 aromatic heterocycles. The molecular formula is C15H23NO3. The maximum Gasteiger partial charge on any atom is 0.180 e. The van der Waals surface area contributed by atoms with Gasteiger partial charge in [0.15, 0.2) is 5.78 Å². The molecule has 0 unspecified atom stereocenters. The molecule has 4 heteroatoms. The Bertz CT molecular complexity index is 418. The van der Waals surface area contributed by atoms with Gasteiger partial charge in [0.2, 0.25) is 0 Å². The van der Waals surface area contributed by atoms with Crippen LogP contribution in [0.4, 0.5) is 0 Å². The lowest BCUT2D eigenvalue weighted by molar-refractivity contribution is 0.0935. The number of rotatable bonds is 8. The van der Waals surface area contributed by atoms with Crippen LogP contribution >= 0.6 is 0 Å². The minimum absolute atomic E-state index is 0.0803. The van der Waals surface area contributed by atoms with E-state index in [-0.39, 0.29) is 5.78 Å². The number of hydrogen-bond acceptors (Lipinski definition) is 4. The van der Waals surface area contributed by atoms with Gasteiger partial charge in [-0.15, -0.1) is 0 Å². The molecule has 0 saturated heterocycles. The van der Waals surface area contributed by atoms with Crippen molar-refractivity contribution in [3.05, 3.63) is 29.3 Å². The zero-order chi connectivity index (χ0) is 14.3. The standard InChI is InChI=1S/C15H23NO3/c1-12-6-7-13(15(10-12)19-4)14(17)11-16(2)8-5-9-18-3/h6-7,10H,5,8-9,11H2,1-4H3. The lowest BCUT2D eigenvalue weighted by Gasteiger charge is -2.16. The SMILES string of the molecule is COCCCN(C)CC(=O)c1ccc(C)cc1OC. The van der Waals surface area contributed by atoms with Crippen LogP contribution < -0.4 is 4.74 Å². The second kappa shape index (κ2) is 7.92. The number of Topliss-reactive ketones (excluding diaryl/α,β-unsaturated/α-hetero) is 1. The van der Waals surface area contributed by atoms with Gasteiger partial charge in [0.25, 0.3) is 0 Å². The van der Waals surface area contributed by atoms with Gasteiger partial charge in [-0.05, 0) is 38.1 Å². The van der Waals surface area contributed by atoms with Crippen LogP contribution in [0.5, 0.6) is 5.75 Å². The average Bonchev–Trinajstić information content (AvgIpc) is 2.38. The summed E-state index contributed by atoms with van der Waals surface area (Å²) in [6.07, 6.45) is 0.922. The molecule has 0 atom stereocenters. The van der Waals surface area contributed by atoms with Gasteiger partial charge in [0.1, 0.15) is 5.75 Å². The highest BCUT2D eigenvalue weighted by Gasteiger charge is 2.14. The topological polar surface area (TPSA) is 38.8 Å². The van der Waals surface area contributed by atoms with Crippen molar-refractivity contribution in [2.75, 3.05) is 41.0 Å². The van der Waals surface area contributed by atoms with Gasteiger partial charge in [0.05, 0.1) is 19.2 Å². The molecule has 0 spiro atoms. The van der Waals surface area contributed by atoms with E-state index in [9.17, 15) is 4.79 Å². The van der Waals surface area contributed by atoms with E-state index < -0.39 is 0 Å². The van der Waals surface area contributed by atoms with E-state index in [1.165, 1.54) is 0 Å². The van der Waals surface area contributed by atoms with E-state index in [2.05, 4.69) is 0 Å². The van der Waals surface area contributed by atoms with E-state index >= 15 is 0 Å². The third-order valence-corrected chi connectivity index (χ3v) is 2.96. The van der Waals surface area contributed by atoms with Crippen molar-refractivity contribution in [1.82, 2.24) is 4.90 Å². The molecule has 4 nitrogen and oxygen atoms in total. The third-order valence-electron chi connectivity index (χ3n) is 2.96. The molecule has 0 bridgehead atoms. The molecule has 19 heavy (non-hydrogen) atoms. The molecule has 1 aromatic carbocycles. The molecular weight excluding hydrogens is 242 g/mol. The fourth-order valence-corrected chi connectivity index (χ4v) is 1.92. The number of hydrogen-bond donors (Lipinski definition) is 0. The smallest absolute Gasteiger partial charge is 0.180 e. The van der Waals surface area contributed by atoms with Gasteiger partial charge >= 0.3 is 0 Å². The number of ketones is 1. The van der Waals surface area contributed by atoms with Crippen molar-refractivity contribution in [3.8, 4) is 5.75 Å². The maximum absolute atomic E-state index is 12.2. The molecule has 0 saturated carbocycles. The monoisotopic (exact) mass is 265 g/mol. The molecule has 106 valence electrons. The van der Waals surface area contributed by atoms with Gasteiger partial charge in [-0.2, -0.15) is 0 Å². The van der Waals surface area contributed by atoms with Crippen LogP contribution in [0.25, 0.3) is 0 Å².